The van der Waals surface area contributed by atoms with E-state index in [0.717, 1.165) is 19.3 Å². The third kappa shape index (κ3) is 3.40. The van der Waals surface area contributed by atoms with E-state index in [1.54, 1.807) is 11.4 Å². The molecule has 2 rings (SSSR count). The number of aromatic nitrogens is 2. The van der Waals surface area contributed by atoms with Crippen LogP contribution in [0.2, 0.25) is 0 Å². The number of aryl methyl sites for hydroxylation is 1. The molecule has 0 amide bonds. The van der Waals surface area contributed by atoms with E-state index < -0.39 is 10.0 Å². The van der Waals surface area contributed by atoms with Gasteiger partial charge in [-0.05, 0) is 30.6 Å². The molecular weight excluding hydrogens is 288 g/mol. The fraction of sp³-hybridized carbons (Fsp3) is 0.786. The topological polar surface area (TPSA) is 81.2 Å². The summed E-state index contributed by atoms with van der Waals surface area (Å²) in [7, 11) is -1.87. The molecular formula is C14H26N4O2S. The minimum absolute atomic E-state index is 0.0779. The van der Waals surface area contributed by atoms with Gasteiger partial charge in [0.05, 0.1) is 0 Å². The molecule has 1 aliphatic rings. The van der Waals surface area contributed by atoms with Gasteiger partial charge in [0.25, 0.3) is 0 Å². The van der Waals surface area contributed by atoms with Gasteiger partial charge < -0.3 is 5.73 Å². The second-order valence-corrected chi connectivity index (χ2v) is 8.86. The molecule has 7 heteroatoms. The zero-order valence-electron chi connectivity index (χ0n) is 13.3. The van der Waals surface area contributed by atoms with Gasteiger partial charge in [0, 0.05) is 26.3 Å². The number of hydrogen-bond donors (Lipinski definition) is 1. The van der Waals surface area contributed by atoms with Crippen LogP contribution in [0.1, 0.15) is 40.0 Å². The van der Waals surface area contributed by atoms with Crippen molar-refractivity contribution in [2.75, 3.05) is 18.8 Å². The highest BCUT2D eigenvalue weighted by atomic mass is 32.2. The molecule has 0 radical (unpaired) electrons. The summed E-state index contributed by atoms with van der Waals surface area (Å²) in [5, 5.41) is 3.94. The van der Waals surface area contributed by atoms with E-state index >= 15 is 0 Å². The Kier molecular flexibility index (Phi) is 4.35. The van der Waals surface area contributed by atoms with Crippen LogP contribution >= 0.6 is 0 Å². The fourth-order valence-electron chi connectivity index (χ4n) is 3.00. The average Bonchev–Trinajstić information content (AvgIpc) is 2.59. The predicted molar refractivity (Wildman–Crippen MR) is 83.2 cm³/mol. The van der Waals surface area contributed by atoms with Gasteiger partial charge in [0.2, 0.25) is 10.0 Å². The normalized spacial score (nSPS) is 22.2. The van der Waals surface area contributed by atoms with Gasteiger partial charge in [-0.1, -0.05) is 20.8 Å². The van der Waals surface area contributed by atoms with E-state index in [2.05, 4.69) is 25.9 Å². The molecule has 1 aromatic rings. The molecule has 1 saturated heterocycles. The van der Waals surface area contributed by atoms with Crippen LogP contribution in [-0.2, 0) is 17.1 Å². The van der Waals surface area contributed by atoms with Gasteiger partial charge in [-0.3, -0.25) is 4.68 Å². The highest BCUT2D eigenvalue weighted by Crippen LogP contribution is 2.35. The zero-order valence-corrected chi connectivity index (χ0v) is 14.2. The number of nitrogen functional groups attached to an aromatic ring is 1. The number of hydrogen-bond acceptors (Lipinski definition) is 4. The lowest BCUT2D eigenvalue weighted by atomic mass is 9.77. The Labute approximate surface area is 127 Å². The lowest BCUT2D eigenvalue weighted by molar-refractivity contribution is 0.217. The lowest BCUT2D eigenvalue weighted by Gasteiger charge is -2.29. The summed E-state index contributed by atoms with van der Waals surface area (Å²) in [6, 6.07) is 0. The summed E-state index contributed by atoms with van der Waals surface area (Å²) in [5.41, 5.74) is 5.95. The molecule has 1 fully saturated rings. The van der Waals surface area contributed by atoms with E-state index in [-0.39, 0.29) is 16.1 Å². The molecule has 0 aromatic carbocycles. The third-order valence-corrected chi connectivity index (χ3v) is 6.27. The molecule has 6 nitrogen and oxygen atoms in total. The maximum absolute atomic E-state index is 12.7. The maximum Gasteiger partial charge on any atom is 0.248 e. The van der Waals surface area contributed by atoms with Gasteiger partial charge in [-0.25, -0.2) is 8.42 Å². The largest absolute Gasteiger partial charge is 0.381 e. The van der Waals surface area contributed by atoms with E-state index in [1.807, 2.05) is 0 Å². The van der Waals surface area contributed by atoms with Crippen LogP contribution < -0.4 is 5.73 Å². The minimum atomic E-state index is -3.54. The number of rotatable bonds is 2. The zero-order chi connectivity index (χ0) is 15.8. The number of sulfonamides is 1. The summed E-state index contributed by atoms with van der Waals surface area (Å²) < 4.78 is 28.5. The first-order valence-electron chi connectivity index (χ1n) is 7.41. The molecule has 1 atom stereocenters. The SMILES string of the molecule is Cn1cc(S(=O)(=O)N2CCCC(C(C)(C)C)CC2)c(N)n1. The molecule has 1 unspecified atom stereocenters. The van der Waals surface area contributed by atoms with Crippen LogP contribution in [0.4, 0.5) is 5.82 Å². The second-order valence-electron chi connectivity index (χ2n) is 6.95. The fourth-order valence-corrected chi connectivity index (χ4v) is 4.58. The molecule has 0 aliphatic carbocycles. The summed E-state index contributed by atoms with van der Waals surface area (Å²) >= 11 is 0. The van der Waals surface area contributed by atoms with Crippen molar-refractivity contribution in [3.05, 3.63) is 6.20 Å². The van der Waals surface area contributed by atoms with Crippen LogP contribution in [-0.4, -0.2) is 35.6 Å². The molecule has 2 heterocycles. The molecule has 21 heavy (non-hydrogen) atoms. The molecule has 120 valence electrons. The first kappa shape index (κ1) is 16.3. The van der Waals surface area contributed by atoms with Crippen molar-refractivity contribution in [1.82, 2.24) is 14.1 Å². The molecule has 1 aromatic heterocycles. The van der Waals surface area contributed by atoms with E-state index in [9.17, 15) is 8.42 Å². The van der Waals surface area contributed by atoms with Crippen molar-refractivity contribution in [3.63, 3.8) is 0 Å². The van der Waals surface area contributed by atoms with Crippen molar-refractivity contribution in [2.45, 2.75) is 44.9 Å². The summed E-state index contributed by atoms with van der Waals surface area (Å²) in [4.78, 5) is 0.124. The third-order valence-electron chi connectivity index (χ3n) is 4.35. The van der Waals surface area contributed by atoms with Crippen LogP contribution in [0.3, 0.4) is 0 Å². The van der Waals surface area contributed by atoms with Crippen molar-refractivity contribution in [3.8, 4) is 0 Å². The maximum atomic E-state index is 12.7. The molecule has 0 spiro atoms. The van der Waals surface area contributed by atoms with Crippen LogP contribution in [0.5, 0.6) is 0 Å². The first-order chi connectivity index (χ1) is 9.62. The van der Waals surface area contributed by atoms with E-state index in [1.165, 1.54) is 10.9 Å². The Morgan fingerprint density at radius 2 is 1.95 bits per heavy atom. The Balaban J connectivity index is 2.20. The van der Waals surface area contributed by atoms with Crippen molar-refractivity contribution in [2.24, 2.45) is 18.4 Å². The average molecular weight is 314 g/mol. The Morgan fingerprint density at radius 1 is 1.29 bits per heavy atom. The molecule has 2 N–H and O–H groups in total. The van der Waals surface area contributed by atoms with Crippen molar-refractivity contribution >= 4 is 15.8 Å². The minimum Gasteiger partial charge on any atom is -0.381 e. The van der Waals surface area contributed by atoms with Crippen LogP contribution in [0.15, 0.2) is 11.1 Å². The summed E-state index contributed by atoms with van der Waals surface area (Å²) in [6.07, 6.45) is 4.33. The van der Waals surface area contributed by atoms with Gasteiger partial charge in [0.15, 0.2) is 5.82 Å². The standard InChI is InChI=1S/C14H26N4O2S/c1-14(2,3)11-6-5-8-18(9-7-11)21(19,20)12-10-17(4)16-13(12)15/h10-11H,5-9H2,1-4H3,(H2,15,16). The first-order valence-corrected chi connectivity index (χ1v) is 8.85. The number of anilines is 1. The highest BCUT2D eigenvalue weighted by molar-refractivity contribution is 7.89. The van der Waals surface area contributed by atoms with Gasteiger partial charge in [-0.2, -0.15) is 9.40 Å². The Morgan fingerprint density at radius 3 is 2.48 bits per heavy atom. The summed E-state index contributed by atoms with van der Waals surface area (Å²) in [6.45, 7) is 7.78. The quantitative estimate of drug-likeness (QED) is 0.903. The Bertz CT molecular complexity index is 601. The second kappa shape index (κ2) is 5.61. The Hall–Kier alpha value is -1.08. The molecule has 0 saturated carbocycles. The van der Waals surface area contributed by atoms with E-state index in [0.29, 0.717) is 19.0 Å². The smallest absolute Gasteiger partial charge is 0.248 e. The summed E-state index contributed by atoms with van der Waals surface area (Å²) in [5.74, 6) is 0.623. The van der Waals surface area contributed by atoms with Gasteiger partial charge in [-0.15, -0.1) is 0 Å². The van der Waals surface area contributed by atoms with Crippen molar-refractivity contribution < 1.29 is 8.42 Å². The molecule has 1 aliphatic heterocycles. The number of nitrogens with zero attached hydrogens (tertiary/aromatic N) is 3. The van der Waals surface area contributed by atoms with Crippen LogP contribution in [0.25, 0.3) is 0 Å². The highest BCUT2D eigenvalue weighted by Gasteiger charge is 2.33. The monoisotopic (exact) mass is 314 g/mol. The predicted octanol–water partition coefficient (Wildman–Crippen LogP) is 1.84. The van der Waals surface area contributed by atoms with Crippen LogP contribution in [0, 0.1) is 11.3 Å². The van der Waals surface area contributed by atoms with Gasteiger partial charge >= 0.3 is 0 Å². The van der Waals surface area contributed by atoms with Gasteiger partial charge in [0.1, 0.15) is 4.90 Å². The molecule has 0 bridgehead atoms. The van der Waals surface area contributed by atoms with Crippen molar-refractivity contribution in [1.29, 1.82) is 0 Å². The van der Waals surface area contributed by atoms with E-state index in [4.69, 9.17) is 5.73 Å². The number of nitrogens with two attached hydrogens (primary N) is 1. The lowest BCUT2D eigenvalue weighted by Crippen LogP contribution is -2.32.